The van der Waals surface area contributed by atoms with Crippen LogP contribution in [0.25, 0.3) is 10.9 Å². The third kappa shape index (κ3) is 6.18. The van der Waals surface area contributed by atoms with Crippen LogP contribution in [0.1, 0.15) is 78.0 Å². The van der Waals surface area contributed by atoms with Crippen molar-refractivity contribution in [3.05, 3.63) is 99.2 Å². The molecule has 1 heterocycles. The van der Waals surface area contributed by atoms with Gasteiger partial charge in [-0.15, -0.1) is 0 Å². The number of nitrogens with zero attached hydrogens (tertiary/aromatic N) is 1. The maximum absolute atomic E-state index is 13.2. The lowest BCUT2D eigenvalue weighted by Crippen LogP contribution is -2.26. The molecule has 7 heteroatoms. The van der Waals surface area contributed by atoms with Crippen molar-refractivity contribution in [3.8, 4) is 5.75 Å². The number of hydrogen-bond donors (Lipinski definition) is 1. The first-order valence-corrected chi connectivity index (χ1v) is 13.9. The Kier molecular flexibility index (Phi) is 8.89. The molecule has 0 aliphatic carbocycles. The van der Waals surface area contributed by atoms with Crippen LogP contribution < -0.4 is 10.1 Å². The maximum atomic E-state index is 13.2. The topological polar surface area (TPSA) is 69.6 Å². The second-order valence-corrected chi connectivity index (χ2v) is 11.0. The predicted molar refractivity (Wildman–Crippen MR) is 160 cm³/mol. The van der Waals surface area contributed by atoms with E-state index in [1.54, 1.807) is 13.0 Å². The molecule has 0 bridgehead atoms. The molecular formula is C33H37ClN2O4. The summed E-state index contributed by atoms with van der Waals surface area (Å²) >= 11 is 6.49. The Hall–Kier alpha value is -3.77. The first kappa shape index (κ1) is 29.2. The van der Waals surface area contributed by atoms with Gasteiger partial charge in [0.1, 0.15) is 5.75 Å². The molecule has 3 aromatic carbocycles. The number of amides is 1. The summed E-state index contributed by atoms with van der Waals surface area (Å²) in [6, 6.07) is 19.7. The molecule has 0 aliphatic rings. The van der Waals surface area contributed by atoms with E-state index in [2.05, 4.69) is 55.8 Å². The molecule has 1 N–H and O–H groups in total. The van der Waals surface area contributed by atoms with Crippen molar-refractivity contribution in [1.29, 1.82) is 0 Å². The van der Waals surface area contributed by atoms with E-state index < -0.39 is 12.1 Å². The number of aromatic nitrogens is 1. The summed E-state index contributed by atoms with van der Waals surface area (Å²) in [6.45, 7) is 12.7. The van der Waals surface area contributed by atoms with Crippen LogP contribution in [0.5, 0.6) is 5.75 Å². The van der Waals surface area contributed by atoms with Crippen LogP contribution >= 0.6 is 11.6 Å². The molecule has 0 saturated heterocycles. The van der Waals surface area contributed by atoms with Gasteiger partial charge in [0.05, 0.1) is 18.2 Å². The number of ether oxygens (including phenoxy) is 2. The summed E-state index contributed by atoms with van der Waals surface area (Å²) in [5.41, 5.74) is 7.24. The highest BCUT2D eigenvalue weighted by atomic mass is 35.5. The standard InChI is InChI=1S/C33H37ClN2O4/c1-19(2)25-9-8-10-26(16-25)21(4)35-32(37)27-12-13-30-28(17-27)20(3)22(5)36(30)18-24-11-14-31(29(34)15-24)40-23(6)33(38)39-7/h8-17,19,21,23H,18H2,1-7H3,(H,35,37)/t21-,23?/m0/s1. The molecular weight excluding hydrogens is 524 g/mol. The summed E-state index contributed by atoms with van der Waals surface area (Å²) in [5.74, 6) is 0.290. The Morgan fingerprint density at radius 3 is 2.35 bits per heavy atom. The number of fused-ring (bicyclic) bond motifs is 1. The minimum absolute atomic E-state index is 0.0993. The Labute approximate surface area is 241 Å². The number of methoxy groups -OCH3 is 1. The second kappa shape index (κ2) is 12.2. The third-order valence-electron chi connectivity index (χ3n) is 7.50. The number of halogens is 1. The van der Waals surface area contributed by atoms with Crippen LogP contribution in [-0.2, 0) is 16.1 Å². The Morgan fingerprint density at radius 1 is 0.950 bits per heavy atom. The Balaban J connectivity index is 1.54. The minimum Gasteiger partial charge on any atom is -0.477 e. The molecule has 40 heavy (non-hydrogen) atoms. The fourth-order valence-electron chi connectivity index (χ4n) is 4.87. The van der Waals surface area contributed by atoms with Gasteiger partial charge in [0, 0.05) is 28.7 Å². The molecule has 2 atom stereocenters. The normalized spacial score (nSPS) is 12.8. The van der Waals surface area contributed by atoms with E-state index in [0.29, 0.717) is 28.8 Å². The number of rotatable bonds is 9. The van der Waals surface area contributed by atoms with Gasteiger partial charge in [0.15, 0.2) is 6.10 Å². The van der Waals surface area contributed by atoms with E-state index in [1.165, 1.54) is 12.7 Å². The van der Waals surface area contributed by atoms with Gasteiger partial charge in [-0.05, 0) is 86.2 Å². The summed E-state index contributed by atoms with van der Waals surface area (Å²) < 4.78 is 12.6. The minimum atomic E-state index is -0.758. The molecule has 0 fully saturated rings. The van der Waals surface area contributed by atoms with Gasteiger partial charge in [-0.1, -0.05) is 55.8 Å². The number of benzene rings is 3. The van der Waals surface area contributed by atoms with E-state index in [-0.39, 0.29) is 11.9 Å². The van der Waals surface area contributed by atoms with E-state index in [1.807, 2.05) is 43.3 Å². The molecule has 210 valence electrons. The zero-order valence-electron chi connectivity index (χ0n) is 24.2. The summed E-state index contributed by atoms with van der Waals surface area (Å²) in [4.78, 5) is 24.9. The number of nitrogens with one attached hydrogen (secondary N) is 1. The van der Waals surface area contributed by atoms with E-state index in [0.717, 1.165) is 33.3 Å². The number of carbonyl (C=O) groups excluding carboxylic acids is 2. The SMILES string of the molecule is COC(=O)C(C)Oc1ccc(Cn2c(C)c(C)c3cc(C(=O)N[C@@H](C)c4cccc(C(C)C)c4)ccc32)cc1Cl. The van der Waals surface area contributed by atoms with Crippen LogP contribution in [0.4, 0.5) is 0 Å². The van der Waals surface area contributed by atoms with Crippen molar-refractivity contribution in [1.82, 2.24) is 9.88 Å². The Bertz CT molecular complexity index is 1560. The highest BCUT2D eigenvalue weighted by Crippen LogP contribution is 2.31. The van der Waals surface area contributed by atoms with Crippen molar-refractivity contribution >= 4 is 34.4 Å². The van der Waals surface area contributed by atoms with Crippen molar-refractivity contribution in [2.45, 2.75) is 66.2 Å². The lowest BCUT2D eigenvalue weighted by molar-refractivity contribution is -0.147. The number of hydrogen-bond acceptors (Lipinski definition) is 4. The zero-order valence-corrected chi connectivity index (χ0v) is 24.9. The van der Waals surface area contributed by atoms with Gasteiger partial charge < -0.3 is 19.4 Å². The fraction of sp³-hybridized carbons (Fsp3) is 0.333. The van der Waals surface area contributed by atoms with E-state index in [4.69, 9.17) is 21.1 Å². The van der Waals surface area contributed by atoms with Gasteiger partial charge in [-0.3, -0.25) is 4.79 Å². The molecule has 1 unspecified atom stereocenters. The lowest BCUT2D eigenvalue weighted by Gasteiger charge is -2.17. The number of esters is 1. The molecule has 6 nitrogen and oxygen atoms in total. The highest BCUT2D eigenvalue weighted by molar-refractivity contribution is 6.32. The third-order valence-corrected chi connectivity index (χ3v) is 7.80. The molecule has 1 amide bonds. The van der Waals surface area contributed by atoms with Crippen molar-refractivity contribution in [2.24, 2.45) is 0 Å². The fourth-order valence-corrected chi connectivity index (χ4v) is 5.12. The first-order chi connectivity index (χ1) is 19.0. The highest BCUT2D eigenvalue weighted by Gasteiger charge is 2.19. The second-order valence-electron chi connectivity index (χ2n) is 10.6. The molecule has 0 saturated carbocycles. The zero-order chi connectivity index (χ0) is 29.1. The molecule has 0 spiro atoms. The Morgan fingerprint density at radius 2 is 1.68 bits per heavy atom. The van der Waals surface area contributed by atoms with E-state index >= 15 is 0 Å². The van der Waals surface area contributed by atoms with Gasteiger partial charge in [0.2, 0.25) is 0 Å². The average Bonchev–Trinajstić information content (AvgIpc) is 3.18. The van der Waals surface area contributed by atoms with Crippen molar-refractivity contribution in [3.63, 3.8) is 0 Å². The summed E-state index contributed by atoms with van der Waals surface area (Å²) in [5, 5.41) is 4.62. The van der Waals surface area contributed by atoms with Crippen LogP contribution in [0.15, 0.2) is 60.7 Å². The predicted octanol–water partition coefficient (Wildman–Crippen LogP) is 7.51. The average molecular weight is 561 g/mol. The molecule has 4 rings (SSSR count). The van der Waals surface area contributed by atoms with E-state index in [9.17, 15) is 9.59 Å². The lowest BCUT2D eigenvalue weighted by atomic mass is 9.98. The van der Waals surface area contributed by atoms with Crippen molar-refractivity contribution in [2.75, 3.05) is 7.11 Å². The van der Waals surface area contributed by atoms with Crippen LogP contribution in [0.2, 0.25) is 5.02 Å². The van der Waals surface area contributed by atoms with Crippen LogP contribution in [0, 0.1) is 13.8 Å². The quantitative estimate of drug-likeness (QED) is 0.215. The largest absolute Gasteiger partial charge is 0.477 e. The monoisotopic (exact) mass is 560 g/mol. The van der Waals surface area contributed by atoms with Gasteiger partial charge in [-0.25, -0.2) is 4.79 Å². The molecule has 4 aromatic rings. The van der Waals surface area contributed by atoms with Crippen molar-refractivity contribution < 1.29 is 19.1 Å². The summed E-state index contributed by atoms with van der Waals surface area (Å²) in [6.07, 6.45) is -0.758. The van der Waals surface area contributed by atoms with Gasteiger partial charge in [-0.2, -0.15) is 0 Å². The van der Waals surface area contributed by atoms with Crippen LogP contribution in [-0.4, -0.2) is 29.7 Å². The first-order valence-electron chi connectivity index (χ1n) is 13.5. The number of aryl methyl sites for hydroxylation is 1. The molecule has 0 aliphatic heterocycles. The smallest absolute Gasteiger partial charge is 0.346 e. The molecule has 0 radical (unpaired) electrons. The molecule has 1 aromatic heterocycles. The number of carbonyl (C=O) groups is 2. The maximum Gasteiger partial charge on any atom is 0.346 e. The van der Waals surface area contributed by atoms with Crippen LogP contribution in [0.3, 0.4) is 0 Å². The van der Waals surface area contributed by atoms with Gasteiger partial charge in [0.25, 0.3) is 5.91 Å². The summed E-state index contributed by atoms with van der Waals surface area (Å²) in [7, 11) is 1.32. The van der Waals surface area contributed by atoms with Gasteiger partial charge >= 0.3 is 5.97 Å².